The molecule has 4 aliphatic rings. The van der Waals surface area contributed by atoms with E-state index in [0.717, 1.165) is 87.9 Å². The highest BCUT2D eigenvalue weighted by atomic mass is 32.1. The van der Waals surface area contributed by atoms with Crippen LogP contribution in [0.15, 0.2) is 36.4 Å². The van der Waals surface area contributed by atoms with Crippen LogP contribution in [0.3, 0.4) is 0 Å². The summed E-state index contributed by atoms with van der Waals surface area (Å²) < 4.78 is 11.8. The second-order valence-electron chi connectivity index (χ2n) is 13.5. The number of fused-ring (bicyclic) bond motifs is 2. The van der Waals surface area contributed by atoms with Crippen LogP contribution in [0.4, 0.5) is 11.5 Å². The largest absolute Gasteiger partial charge is 0.462 e. The Hall–Kier alpha value is -3.21. The third-order valence-corrected chi connectivity index (χ3v) is 10.5. The lowest BCUT2D eigenvalue weighted by Gasteiger charge is -2.37. The van der Waals surface area contributed by atoms with Gasteiger partial charge in [-0.1, -0.05) is 30.3 Å². The van der Waals surface area contributed by atoms with E-state index >= 15 is 0 Å². The number of methoxy groups -OCH3 is 1. The molecule has 1 unspecified atom stereocenters. The van der Waals surface area contributed by atoms with Gasteiger partial charge in [-0.3, -0.25) is 0 Å². The topological polar surface area (TPSA) is 78.0 Å². The van der Waals surface area contributed by atoms with Crippen molar-refractivity contribution in [1.82, 2.24) is 25.5 Å². The summed E-state index contributed by atoms with van der Waals surface area (Å²) in [7, 11) is 3.94. The lowest BCUT2D eigenvalue weighted by atomic mass is 9.99. The fourth-order valence-electron chi connectivity index (χ4n) is 7.48. The summed E-state index contributed by atoms with van der Waals surface area (Å²) in [6.45, 7) is 8.19. The van der Waals surface area contributed by atoms with E-state index in [1.807, 2.05) is 0 Å². The van der Waals surface area contributed by atoms with Gasteiger partial charge in [-0.15, -0.1) is 0 Å². The van der Waals surface area contributed by atoms with Crippen molar-refractivity contribution >= 4 is 39.6 Å². The van der Waals surface area contributed by atoms with E-state index < -0.39 is 0 Å². The van der Waals surface area contributed by atoms with Gasteiger partial charge in [-0.05, 0) is 94.7 Å². The molecule has 1 saturated carbocycles. The number of hydrogen-bond donors (Lipinski definition) is 2. The van der Waals surface area contributed by atoms with Gasteiger partial charge >= 0.3 is 6.01 Å². The van der Waals surface area contributed by atoms with Gasteiger partial charge < -0.3 is 34.8 Å². The van der Waals surface area contributed by atoms with Crippen molar-refractivity contribution < 1.29 is 9.47 Å². The standard InChI is InChI=1S/C35H47N7O2S/c1-24-7-4-8-25-9-5-11-30(31(24)25)42-20-14-28-29(21-42)37-33(44-22-27-10-6-17-40(27)2)38-32(28)41-18-12-26(13-19-41)36-34(45)39-35(15-16-35)23-43-3/h4-5,7-9,11,26-27H,6,10,12-23H2,1-3H3,(H2,36,39,45). The molecular weight excluding hydrogens is 582 g/mol. The molecule has 0 amide bonds. The number of likely N-dealkylation sites (tertiary alicyclic amines) is 1. The zero-order valence-electron chi connectivity index (χ0n) is 27.0. The number of likely N-dealkylation sites (N-methyl/N-ethyl adjacent to an activating group) is 1. The Balaban J connectivity index is 1.10. The predicted molar refractivity (Wildman–Crippen MR) is 185 cm³/mol. The Morgan fingerprint density at radius 1 is 1.02 bits per heavy atom. The number of aromatic nitrogens is 2. The Labute approximate surface area is 272 Å². The lowest BCUT2D eigenvalue weighted by molar-refractivity contribution is 0.165. The van der Waals surface area contributed by atoms with Crippen molar-refractivity contribution in [3.05, 3.63) is 53.2 Å². The Kier molecular flexibility index (Phi) is 8.72. The Bertz CT molecular complexity index is 1530. The fraction of sp³-hybridized carbons (Fsp3) is 0.571. The third-order valence-electron chi connectivity index (χ3n) is 10.3. The van der Waals surface area contributed by atoms with E-state index in [4.69, 9.17) is 31.7 Å². The highest BCUT2D eigenvalue weighted by molar-refractivity contribution is 7.80. The number of rotatable bonds is 9. The summed E-state index contributed by atoms with van der Waals surface area (Å²) >= 11 is 5.69. The van der Waals surface area contributed by atoms with Crippen molar-refractivity contribution in [2.24, 2.45) is 0 Å². The van der Waals surface area contributed by atoms with Gasteiger partial charge in [0.1, 0.15) is 12.4 Å². The molecule has 2 aromatic carbocycles. The molecule has 3 aliphatic heterocycles. The second-order valence-corrected chi connectivity index (χ2v) is 13.9. The van der Waals surface area contributed by atoms with E-state index in [9.17, 15) is 0 Å². The molecule has 0 radical (unpaired) electrons. The van der Waals surface area contributed by atoms with E-state index in [-0.39, 0.29) is 5.54 Å². The average Bonchev–Trinajstić information content (AvgIpc) is 3.67. The first-order valence-electron chi connectivity index (χ1n) is 16.7. The number of anilines is 2. The summed E-state index contributed by atoms with van der Waals surface area (Å²) in [6.07, 6.45) is 7.51. The number of nitrogens with one attached hydrogen (secondary N) is 2. The van der Waals surface area contributed by atoms with Crippen molar-refractivity contribution in [2.75, 3.05) is 63.4 Å². The van der Waals surface area contributed by atoms with E-state index in [0.29, 0.717) is 31.3 Å². The van der Waals surface area contributed by atoms with Gasteiger partial charge in [0.05, 0.1) is 24.4 Å². The molecule has 3 aromatic rings. The molecule has 240 valence electrons. The van der Waals surface area contributed by atoms with Crippen LogP contribution < -0.4 is 25.2 Å². The quantitative estimate of drug-likeness (QED) is 0.329. The smallest absolute Gasteiger partial charge is 0.318 e. The van der Waals surface area contributed by atoms with Gasteiger partial charge in [0.15, 0.2) is 5.11 Å². The van der Waals surface area contributed by atoms with Gasteiger partial charge in [0.2, 0.25) is 0 Å². The highest BCUT2D eigenvalue weighted by Crippen LogP contribution is 2.37. The van der Waals surface area contributed by atoms with Crippen LogP contribution in [0.2, 0.25) is 0 Å². The molecule has 0 spiro atoms. The van der Waals surface area contributed by atoms with Gasteiger partial charge in [0, 0.05) is 55.5 Å². The first kappa shape index (κ1) is 30.4. The first-order chi connectivity index (χ1) is 21.9. The number of thiocarbonyl (C=S) groups is 1. The number of ether oxygens (including phenoxy) is 2. The second kappa shape index (κ2) is 12.9. The average molecular weight is 630 g/mol. The molecule has 2 N–H and O–H groups in total. The molecule has 4 heterocycles. The van der Waals surface area contributed by atoms with E-state index in [1.165, 1.54) is 34.0 Å². The molecule has 10 heteroatoms. The third kappa shape index (κ3) is 6.55. The van der Waals surface area contributed by atoms with Crippen LogP contribution in [0.1, 0.15) is 55.3 Å². The van der Waals surface area contributed by atoms with Crippen LogP contribution in [0.25, 0.3) is 10.8 Å². The van der Waals surface area contributed by atoms with Crippen LogP contribution in [-0.4, -0.2) is 91.2 Å². The van der Waals surface area contributed by atoms with Crippen molar-refractivity contribution in [3.63, 3.8) is 0 Å². The zero-order valence-corrected chi connectivity index (χ0v) is 27.8. The summed E-state index contributed by atoms with van der Waals surface area (Å²) in [5.74, 6) is 1.06. The fourth-order valence-corrected chi connectivity index (χ4v) is 7.86. The SMILES string of the molecule is COCC1(NC(=S)NC2CCN(c3nc(OCC4CCCN4C)nc4c3CCN(c3cccc5cccc(C)c35)C4)CC2)CC1. The minimum atomic E-state index is 0.0296. The molecule has 1 aromatic heterocycles. The maximum absolute atomic E-state index is 6.38. The minimum absolute atomic E-state index is 0.0296. The molecule has 3 fully saturated rings. The molecule has 0 bridgehead atoms. The van der Waals surface area contributed by atoms with Gasteiger partial charge in [0.25, 0.3) is 0 Å². The zero-order chi connectivity index (χ0) is 31.0. The summed E-state index contributed by atoms with van der Waals surface area (Å²) in [5.41, 5.74) is 4.97. The van der Waals surface area contributed by atoms with Gasteiger partial charge in [-0.2, -0.15) is 9.97 Å². The van der Waals surface area contributed by atoms with E-state index in [2.05, 4.69) is 75.7 Å². The summed E-state index contributed by atoms with van der Waals surface area (Å²) in [4.78, 5) is 17.5. The van der Waals surface area contributed by atoms with Crippen LogP contribution >= 0.6 is 12.2 Å². The molecule has 7 rings (SSSR count). The van der Waals surface area contributed by atoms with Crippen molar-refractivity contribution in [1.29, 1.82) is 0 Å². The molecule has 1 aliphatic carbocycles. The minimum Gasteiger partial charge on any atom is -0.462 e. The normalized spacial score (nSPS) is 21.5. The molecular formula is C35H47N7O2S. The lowest BCUT2D eigenvalue weighted by Crippen LogP contribution is -2.52. The summed E-state index contributed by atoms with van der Waals surface area (Å²) in [6, 6.07) is 14.5. The number of piperidine rings is 1. The Morgan fingerprint density at radius 2 is 1.82 bits per heavy atom. The number of aryl methyl sites for hydroxylation is 1. The molecule has 9 nitrogen and oxygen atoms in total. The summed E-state index contributed by atoms with van der Waals surface area (Å²) in [5, 5.41) is 10.5. The van der Waals surface area contributed by atoms with Crippen LogP contribution in [0.5, 0.6) is 6.01 Å². The number of benzene rings is 2. The van der Waals surface area contributed by atoms with Crippen LogP contribution in [0, 0.1) is 6.92 Å². The van der Waals surface area contributed by atoms with E-state index in [1.54, 1.807) is 7.11 Å². The highest BCUT2D eigenvalue weighted by Gasteiger charge is 2.43. The number of hydrogen-bond acceptors (Lipinski definition) is 8. The predicted octanol–water partition coefficient (Wildman–Crippen LogP) is 4.59. The molecule has 2 saturated heterocycles. The van der Waals surface area contributed by atoms with Gasteiger partial charge in [-0.25, -0.2) is 0 Å². The molecule has 1 atom stereocenters. The molecule has 45 heavy (non-hydrogen) atoms. The van der Waals surface area contributed by atoms with Crippen molar-refractivity contribution in [3.8, 4) is 6.01 Å². The van der Waals surface area contributed by atoms with Crippen LogP contribution in [-0.2, 0) is 17.7 Å². The van der Waals surface area contributed by atoms with Crippen molar-refractivity contribution in [2.45, 2.75) is 76.0 Å². The first-order valence-corrected chi connectivity index (χ1v) is 17.1. The maximum atomic E-state index is 6.38. The Morgan fingerprint density at radius 3 is 2.56 bits per heavy atom. The number of nitrogens with zero attached hydrogens (tertiary/aromatic N) is 5. The monoisotopic (exact) mass is 629 g/mol. The maximum Gasteiger partial charge on any atom is 0.318 e.